The molecule has 80 valence electrons. The summed E-state index contributed by atoms with van der Waals surface area (Å²) in [6, 6.07) is -0.247. The van der Waals surface area contributed by atoms with Crippen LogP contribution in [-0.4, -0.2) is 29.0 Å². The highest BCUT2D eigenvalue weighted by molar-refractivity contribution is 6.28. The number of fused-ring (bicyclic) bond motifs is 1. The molecule has 0 aliphatic carbocycles. The Balaban J connectivity index is 2.60. The van der Waals surface area contributed by atoms with Crippen molar-refractivity contribution in [3.05, 3.63) is 11.0 Å². The zero-order valence-electron chi connectivity index (χ0n) is 8.71. The van der Waals surface area contributed by atoms with Crippen LogP contribution in [0.25, 0.3) is 0 Å². The molecule has 0 unspecified atom stereocenters. The summed E-state index contributed by atoms with van der Waals surface area (Å²) >= 11 is 5.77. The van der Waals surface area contributed by atoms with Crippen molar-refractivity contribution in [2.45, 2.75) is 19.9 Å². The first-order valence-electron chi connectivity index (χ1n) is 4.58. The van der Waals surface area contributed by atoms with E-state index in [4.69, 9.17) is 11.6 Å². The summed E-state index contributed by atoms with van der Waals surface area (Å²) < 4.78 is 0. The van der Waals surface area contributed by atoms with E-state index in [9.17, 15) is 4.79 Å². The van der Waals surface area contributed by atoms with Crippen LogP contribution in [0.15, 0.2) is 0 Å². The molecule has 1 aromatic heterocycles. The molecule has 5 nitrogen and oxygen atoms in total. The summed E-state index contributed by atoms with van der Waals surface area (Å²) in [7, 11) is 1.81. The Morgan fingerprint density at radius 2 is 2.13 bits per heavy atom. The molecule has 15 heavy (non-hydrogen) atoms. The summed E-state index contributed by atoms with van der Waals surface area (Å²) in [5, 5.41) is 2.97. The predicted molar refractivity (Wildman–Crippen MR) is 58.3 cm³/mol. The maximum atomic E-state index is 11.6. The van der Waals surface area contributed by atoms with Crippen molar-refractivity contribution in [3.8, 4) is 0 Å². The van der Waals surface area contributed by atoms with Gasteiger partial charge in [-0.2, -0.15) is 4.98 Å². The number of likely N-dealkylation sites (N-methyl/N-ethyl adjacent to an activating group) is 1. The average Bonchev–Trinajstić information content (AvgIpc) is 2.17. The van der Waals surface area contributed by atoms with Crippen LogP contribution in [0.2, 0.25) is 5.28 Å². The third kappa shape index (κ3) is 1.52. The Hall–Kier alpha value is -1.36. The Kier molecular flexibility index (Phi) is 2.26. The fourth-order valence-electron chi connectivity index (χ4n) is 1.51. The molecule has 1 amide bonds. The van der Waals surface area contributed by atoms with Crippen LogP contribution in [0.3, 0.4) is 0 Å². The Morgan fingerprint density at radius 3 is 2.80 bits per heavy atom. The number of hydrogen-bond acceptors (Lipinski definition) is 4. The minimum absolute atomic E-state index is 0.0565. The van der Waals surface area contributed by atoms with Crippen LogP contribution < -0.4 is 10.2 Å². The van der Waals surface area contributed by atoms with Gasteiger partial charge in [0, 0.05) is 7.05 Å². The van der Waals surface area contributed by atoms with E-state index in [-0.39, 0.29) is 17.2 Å². The summed E-state index contributed by atoms with van der Waals surface area (Å²) in [6.07, 6.45) is 0. The second-order valence-electron chi connectivity index (χ2n) is 3.55. The fourth-order valence-corrected chi connectivity index (χ4v) is 1.72. The molecule has 0 aromatic carbocycles. The normalized spacial score (nSPS) is 19.9. The second-order valence-corrected chi connectivity index (χ2v) is 3.89. The molecule has 1 aromatic rings. The second kappa shape index (κ2) is 3.34. The van der Waals surface area contributed by atoms with Gasteiger partial charge in [-0.15, -0.1) is 0 Å². The maximum Gasteiger partial charge on any atom is 0.246 e. The van der Waals surface area contributed by atoms with Crippen LogP contribution in [0, 0.1) is 6.92 Å². The van der Waals surface area contributed by atoms with Crippen molar-refractivity contribution in [1.82, 2.24) is 9.97 Å². The number of halogens is 1. The van der Waals surface area contributed by atoms with Gasteiger partial charge in [0.15, 0.2) is 5.82 Å². The van der Waals surface area contributed by atoms with Crippen molar-refractivity contribution in [2.24, 2.45) is 0 Å². The zero-order valence-corrected chi connectivity index (χ0v) is 9.46. The lowest BCUT2D eigenvalue weighted by molar-refractivity contribution is -0.117. The third-order valence-corrected chi connectivity index (χ3v) is 2.76. The Bertz CT molecular complexity index is 434. The molecule has 0 fully saturated rings. The molecule has 0 saturated carbocycles. The van der Waals surface area contributed by atoms with Crippen molar-refractivity contribution in [2.75, 3.05) is 17.3 Å². The lowest BCUT2D eigenvalue weighted by atomic mass is 10.2. The summed E-state index contributed by atoms with van der Waals surface area (Å²) in [6.45, 7) is 3.60. The molecular weight excluding hydrogens is 216 g/mol. The molecule has 1 aliphatic rings. The van der Waals surface area contributed by atoms with Crippen LogP contribution in [0.1, 0.15) is 12.6 Å². The fraction of sp³-hybridized carbons (Fsp3) is 0.444. The average molecular weight is 227 g/mol. The van der Waals surface area contributed by atoms with Gasteiger partial charge < -0.3 is 10.2 Å². The van der Waals surface area contributed by atoms with E-state index in [0.717, 1.165) is 0 Å². The highest BCUT2D eigenvalue weighted by Gasteiger charge is 2.29. The number of carbonyl (C=O) groups is 1. The van der Waals surface area contributed by atoms with Gasteiger partial charge in [0.1, 0.15) is 11.7 Å². The van der Waals surface area contributed by atoms with Gasteiger partial charge in [0.25, 0.3) is 0 Å². The van der Waals surface area contributed by atoms with E-state index in [2.05, 4.69) is 15.3 Å². The number of nitrogens with one attached hydrogen (secondary N) is 1. The summed E-state index contributed by atoms with van der Waals surface area (Å²) in [4.78, 5) is 21.4. The van der Waals surface area contributed by atoms with Crippen LogP contribution in [0.5, 0.6) is 0 Å². The van der Waals surface area contributed by atoms with Gasteiger partial charge in [0.05, 0.1) is 5.69 Å². The van der Waals surface area contributed by atoms with Crippen molar-refractivity contribution in [3.63, 3.8) is 0 Å². The zero-order chi connectivity index (χ0) is 11.2. The van der Waals surface area contributed by atoms with E-state index < -0.39 is 0 Å². The molecular formula is C9H11ClN4O. The van der Waals surface area contributed by atoms with Gasteiger partial charge in [0.2, 0.25) is 11.2 Å². The number of nitrogens with zero attached hydrogens (tertiary/aromatic N) is 3. The van der Waals surface area contributed by atoms with Crippen molar-refractivity contribution < 1.29 is 4.79 Å². The first kappa shape index (κ1) is 10.2. The highest BCUT2D eigenvalue weighted by atomic mass is 35.5. The van der Waals surface area contributed by atoms with Gasteiger partial charge in [-0.05, 0) is 25.4 Å². The molecule has 2 heterocycles. The van der Waals surface area contributed by atoms with Crippen LogP contribution in [0.4, 0.5) is 11.5 Å². The SMILES string of the molecule is Cc1nc(Cl)nc2c1NC(=O)[C@@H](C)N2C. The summed E-state index contributed by atoms with van der Waals surface area (Å²) in [5.41, 5.74) is 1.32. The quantitative estimate of drug-likeness (QED) is 0.676. The molecule has 0 bridgehead atoms. The predicted octanol–water partition coefficient (Wildman–Crippen LogP) is 1.22. The first-order valence-corrected chi connectivity index (χ1v) is 4.96. The van der Waals surface area contributed by atoms with Crippen molar-refractivity contribution in [1.29, 1.82) is 0 Å². The first-order chi connectivity index (χ1) is 7.00. The maximum absolute atomic E-state index is 11.6. The molecule has 1 N–H and O–H groups in total. The van der Waals surface area contributed by atoms with Crippen molar-refractivity contribution >= 4 is 29.0 Å². The number of rotatable bonds is 0. The van der Waals surface area contributed by atoms with Gasteiger partial charge in [-0.1, -0.05) is 0 Å². The molecule has 1 aliphatic heterocycles. The van der Waals surface area contributed by atoms with E-state index in [1.165, 1.54) is 0 Å². The number of aromatic nitrogens is 2. The van der Waals surface area contributed by atoms with E-state index >= 15 is 0 Å². The van der Waals surface area contributed by atoms with Crippen LogP contribution >= 0.6 is 11.6 Å². The van der Waals surface area contributed by atoms with E-state index in [0.29, 0.717) is 17.2 Å². The smallest absolute Gasteiger partial charge is 0.246 e. The number of hydrogen-bond donors (Lipinski definition) is 1. The van der Waals surface area contributed by atoms with E-state index in [1.54, 1.807) is 11.8 Å². The molecule has 0 radical (unpaired) electrons. The monoisotopic (exact) mass is 226 g/mol. The molecule has 0 spiro atoms. The van der Waals surface area contributed by atoms with Gasteiger partial charge >= 0.3 is 0 Å². The molecule has 2 rings (SSSR count). The number of amides is 1. The van der Waals surface area contributed by atoms with Crippen LogP contribution in [-0.2, 0) is 4.79 Å². The number of carbonyl (C=O) groups excluding carboxylic acids is 1. The number of anilines is 2. The minimum atomic E-state index is -0.247. The van der Waals surface area contributed by atoms with E-state index in [1.807, 2.05) is 14.0 Å². The standard InChI is InChI=1S/C9H11ClN4O/c1-4-6-7(13-9(10)11-4)14(3)5(2)8(15)12-6/h5H,1-3H3,(H,12,15)/t5-/m1/s1. The lowest BCUT2D eigenvalue weighted by Crippen LogP contribution is -2.44. The molecule has 0 saturated heterocycles. The largest absolute Gasteiger partial charge is 0.346 e. The van der Waals surface area contributed by atoms with Gasteiger partial charge in [-0.3, -0.25) is 4.79 Å². The highest BCUT2D eigenvalue weighted by Crippen LogP contribution is 2.31. The summed E-state index contributed by atoms with van der Waals surface area (Å²) in [5.74, 6) is 0.610. The number of aryl methyl sites for hydroxylation is 1. The topological polar surface area (TPSA) is 58.1 Å². The lowest BCUT2D eigenvalue weighted by Gasteiger charge is -2.32. The minimum Gasteiger partial charge on any atom is -0.346 e. The molecule has 1 atom stereocenters. The molecule has 6 heteroatoms. The third-order valence-electron chi connectivity index (χ3n) is 2.59. The Morgan fingerprint density at radius 1 is 1.47 bits per heavy atom. The Labute approximate surface area is 92.5 Å². The van der Waals surface area contributed by atoms with Gasteiger partial charge in [-0.25, -0.2) is 4.98 Å².